The van der Waals surface area contributed by atoms with E-state index in [1.165, 1.54) is 18.2 Å². The van der Waals surface area contributed by atoms with Crippen LogP contribution < -0.4 is 0 Å². The molecular weight excluding hydrogens is 162 g/mol. The summed E-state index contributed by atoms with van der Waals surface area (Å²) in [5.41, 5.74) is 3.64. The molecule has 13 heavy (non-hydrogen) atoms. The summed E-state index contributed by atoms with van der Waals surface area (Å²) in [5, 5.41) is 7.40. The first kappa shape index (κ1) is 9.78. The van der Waals surface area contributed by atoms with Gasteiger partial charge in [0.15, 0.2) is 5.90 Å². The highest BCUT2D eigenvalue weighted by molar-refractivity contribution is 5.75. The van der Waals surface area contributed by atoms with E-state index in [4.69, 9.17) is 10.1 Å². The number of methoxy groups -OCH3 is 1. The highest BCUT2D eigenvalue weighted by atomic mass is 16.5. The third-order valence-electron chi connectivity index (χ3n) is 2.10. The summed E-state index contributed by atoms with van der Waals surface area (Å²) in [5.74, 6) is 0.312. The SMILES string of the molecule is COC(=N)Cc1ccc(C)cc1C. The highest BCUT2D eigenvalue weighted by Crippen LogP contribution is 2.11. The number of ether oxygens (including phenoxy) is 1. The van der Waals surface area contributed by atoms with Gasteiger partial charge in [-0.3, -0.25) is 5.41 Å². The Morgan fingerprint density at radius 3 is 2.62 bits per heavy atom. The zero-order valence-corrected chi connectivity index (χ0v) is 8.35. The predicted octanol–water partition coefficient (Wildman–Crippen LogP) is 2.47. The summed E-state index contributed by atoms with van der Waals surface area (Å²) in [6, 6.07) is 6.24. The minimum Gasteiger partial charge on any atom is -0.484 e. The van der Waals surface area contributed by atoms with Gasteiger partial charge in [-0.2, -0.15) is 0 Å². The maximum absolute atomic E-state index is 7.40. The lowest BCUT2D eigenvalue weighted by atomic mass is 10.0. The first-order chi connectivity index (χ1) is 6.13. The quantitative estimate of drug-likeness (QED) is 0.546. The Hall–Kier alpha value is -1.31. The second-order valence-electron chi connectivity index (χ2n) is 3.23. The van der Waals surface area contributed by atoms with E-state index in [0.717, 1.165) is 5.56 Å². The van der Waals surface area contributed by atoms with E-state index < -0.39 is 0 Å². The van der Waals surface area contributed by atoms with E-state index in [9.17, 15) is 0 Å². The molecule has 1 N–H and O–H groups in total. The van der Waals surface area contributed by atoms with Crippen LogP contribution in [0.15, 0.2) is 18.2 Å². The molecule has 1 aromatic rings. The third-order valence-corrected chi connectivity index (χ3v) is 2.10. The number of rotatable bonds is 2. The Bertz CT molecular complexity index is 318. The fraction of sp³-hybridized carbons (Fsp3) is 0.364. The van der Waals surface area contributed by atoms with Crippen LogP contribution in [0.2, 0.25) is 0 Å². The van der Waals surface area contributed by atoms with E-state index in [1.54, 1.807) is 0 Å². The van der Waals surface area contributed by atoms with Crippen molar-refractivity contribution in [1.29, 1.82) is 5.41 Å². The molecular formula is C11H15NO. The van der Waals surface area contributed by atoms with Gasteiger partial charge < -0.3 is 4.74 Å². The smallest absolute Gasteiger partial charge is 0.184 e. The summed E-state index contributed by atoms with van der Waals surface area (Å²) in [4.78, 5) is 0. The minimum atomic E-state index is 0.312. The summed E-state index contributed by atoms with van der Waals surface area (Å²) in [6.45, 7) is 4.13. The van der Waals surface area contributed by atoms with E-state index >= 15 is 0 Å². The minimum absolute atomic E-state index is 0.312. The topological polar surface area (TPSA) is 33.1 Å². The van der Waals surface area contributed by atoms with Crippen LogP contribution in [0.25, 0.3) is 0 Å². The van der Waals surface area contributed by atoms with Crippen molar-refractivity contribution in [2.45, 2.75) is 20.3 Å². The summed E-state index contributed by atoms with van der Waals surface area (Å²) >= 11 is 0. The second-order valence-corrected chi connectivity index (χ2v) is 3.23. The molecule has 0 aromatic heterocycles. The zero-order chi connectivity index (χ0) is 9.84. The Kier molecular flexibility index (Phi) is 3.07. The molecule has 0 aliphatic carbocycles. The maximum atomic E-state index is 7.40. The van der Waals surface area contributed by atoms with E-state index in [2.05, 4.69) is 32.0 Å². The Morgan fingerprint density at radius 2 is 2.08 bits per heavy atom. The molecule has 0 radical (unpaired) electrons. The van der Waals surface area contributed by atoms with Gasteiger partial charge in [0, 0.05) is 6.42 Å². The van der Waals surface area contributed by atoms with Crippen molar-refractivity contribution in [3.63, 3.8) is 0 Å². The molecule has 0 bridgehead atoms. The number of nitrogens with one attached hydrogen (secondary N) is 1. The van der Waals surface area contributed by atoms with Crippen LogP contribution in [0, 0.1) is 19.3 Å². The van der Waals surface area contributed by atoms with Crippen LogP contribution in [0.5, 0.6) is 0 Å². The van der Waals surface area contributed by atoms with Gasteiger partial charge in [-0.25, -0.2) is 0 Å². The average molecular weight is 177 g/mol. The van der Waals surface area contributed by atoms with Gasteiger partial charge in [0.05, 0.1) is 7.11 Å². The Morgan fingerprint density at radius 1 is 1.38 bits per heavy atom. The van der Waals surface area contributed by atoms with E-state index in [1.807, 2.05) is 0 Å². The summed E-state index contributed by atoms with van der Waals surface area (Å²) < 4.78 is 4.82. The van der Waals surface area contributed by atoms with Crippen molar-refractivity contribution >= 4 is 5.90 Å². The van der Waals surface area contributed by atoms with Gasteiger partial charge in [-0.05, 0) is 25.0 Å². The molecule has 0 saturated carbocycles. The number of aryl methyl sites for hydroxylation is 2. The predicted molar refractivity (Wildman–Crippen MR) is 54.4 cm³/mol. The molecule has 0 amide bonds. The molecule has 0 aliphatic rings. The van der Waals surface area contributed by atoms with Gasteiger partial charge >= 0.3 is 0 Å². The van der Waals surface area contributed by atoms with Crippen LogP contribution >= 0.6 is 0 Å². The van der Waals surface area contributed by atoms with E-state index in [-0.39, 0.29) is 0 Å². The molecule has 0 spiro atoms. The molecule has 2 nitrogen and oxygen atoms in total. The molecule has 0 saturated heterocycles. The standard InChI is InChI=1S/C11H15NO/c1-8-4-5-10(9(2)6-8)7-11(12)13-3/h4-6,12H,7H2,1-3H3. The molecule has 0 heterocycles. The molecule has 0 atom stereocenters. The number of benzene rings is 1. The van der Waals surface area contributed by atoms with Crippen molar-refractivity contribution < 1.29 is 4.74 Å². The number of hydrogen-bond acceptors (Lipinski definition) is 2. The van der Waals surface area contributed by atoms with Gasteiger partial charge in [0.1, 0.15) is 0 Å². The van der Waals surface area contributed by atoms with Gasteiger partial charge in [0.2, 0.25) is 0 Å². The van der Waals surface area contributed by atoms with Crippen LogP contribution in [0.1, 0.15) is 16.7 Å². The van der Waals surface area contributed by atoms with E-state index in [0.29, 0.717) is 12.3 Å². The van der Waals surface area contributed by atoms with Gasteiger partial charge in [0.25, 0.3) is 0 Å². The molecule has 1 rings (SSSR count). The van der Waals surface area contributed by atoms with Crippen molar-refractivity contribution in [3.05, 3.63) is 34.9 Å². The highest BCUT2D eigenvalue weighted by Gasteiger charge is 2.01. The van der Waals surface area contributed by atoms with Crippen molar-refractivity contribution in [3.8, 4) is 0 Å². The largest absolute Gasteiger partial charge is 0.484 e. The van der Waals surface area contributed by atoms with Gasteiger partial charge in [-0.15, -0.1) is 0 Å². The zero-order valence-electron chi connectivity index (χ0n) is 8.35. The lowest BCUT2D eigenvalue weighted by Gasteiger charge is -2.06. The van der Waals surface area contributed by atoms with Crippen LogP contribution in [-0.4, -0.2) is 13.0 Å². The lowest BCUT2D eigenvalue weighted by Crippen LogP contribution is -2.04. The van der Waals surface area contributed by atoms with Crippen molar-refractivity contribution in [2.24, 2.45) is 0 Å². The molecule has 1 aromatic carbocycles. The van der Waals surface area contributed by atoms with Crippen LogP contribution in [-0.2, 0) is 11.2 Å². The molecule has 0 fully saturated rings. The first-order valence-electron chi connectivity index (χ1n) is 4.31. The number of hydrogen-bond donors (Lipinski definition) is 1. The monoisotopic (exact) mass is 177 g/mol. The fourth-order valence-electron chi connectivity index (χ4n) is 1.29. The summed E-state index contributed by atoms with van der Waals surface area (Å²) in [6.07, 6.45) is 0.586. The Balaban J connectivity index is 2.83. The maximum Gasteiger partial charge on any atom is 0.184 e. The van der Waals surface area contributed by atoms with Gasteiger partial charge in [-0.1, -0.05) is 23.8 Å². The molecule has 0 unspecified atom stereocenters. The Labute approximate surface area is 79.1 Å². The third kappa shape index (κ3) is 2.58. The summed E-state index contributed by atoms with van der Waals surface area (Å²) in [7, 11) is 1.53. The van der Waals surface area contributed by atoms with Crippen molar-refractivity contribution in [2.75, 3.05) is 7.11 Å². The fourth-order valence-corrected chi connectivity index (χ4v) is 1.29. The van der Waals surface area contributed by atoms with Crippen LogP contribution in [0.4, 0.5) is 0 Å². The molecule has 70 valence electrons. The molecule has 2 heteroatoms. The second kappa shape index (κ2) is 4.08. The first-order valence-corrected chi connectivity index (χ1v) is 4.31. The van der Waals surface area contributed by atoms with Crippen molar-refractivity contribution in [1.82, 2.24) is 0 Å². The average Bonchev–Trinajstić information content (AvgIpc) is 2.09. The lowest BCUT2D eigenvalue weighted by molar-refractivity contribution is 0.390. The molecule has 0 aliphatic heterocycles. The van der Waals surface area contributed by atoms with Crippen LogP contribution in [0.3, 0.4) is 0 Å². The normalized spacial score (nSPS) is 9.77.